The van der Waals surface area contributed by atoms with Crippen molar-refractivity contribution in [2.75, 3.05) is 6.61 Å². The van der Waals surface area contributed by atoms with Gasteiger partial charge in [0.15, 0.2) is 0 Å². The maximum absolute atomic E-state index is 6.25. The van der Waals surface area contributed by atoms with Crippen molar-refractivity contribution in [3.05, 3.63) is 63.6 Å². The quantitative estimate of drug-likeness (QED) is 0.620. The molecule has 1 unspecified atom stereocenters. The van der Waals surface area contributed by atoms with E-state index in [4.69, 9.17) is 33.8 Å². The second-order valence-electron chi connectivity index (χ2n) is 4.61. The van der Waals surface area contributed by atoms with Gasteiger partial charge < -0.3 is 4.74 Å². The lowest BCUT2D eigenvalue weighted by atomic mass is 9.98. The van der Waals surface area contributed by atoms with Crippen LogP contribution in [0.2, 0.25) is 10.0 Å². The highest BCUT2D eigenvalue weighted by Gasteiger charge is 2.17. The van der Waals surface area contributed by atoms with Crippen molar-refractivity contribution >= 4 is 23.2 Å². The Balaban J connectivity index is 2.30. The van der Waals surface area contributed by atoms with E-state index >= 15 is 0 Å². The van der Waals surface area contributed by atoms with Gasteiger partial charge in [0.05, 0.1) is 22.7 Å². The van der Waals surface area contributed by atoms with Gasteiger partial charge in [0.2, 0.25) is 0 Å². The monoisotopic (exact) mass is 324 g/mol. The molecular weight excluding hydrogens is 307 g/mol. The molecule has 3 nitrogen and oxygen atoms in total. The van der Waals surface area contributed by atoms with Crippen molar-refractivity contribution in [1.29, 1.82) is 0 Å². The van der Waals surface area contributed by atoms with Crippen LogP contribution in [0.5, 0.6) is 5.75 Å². The maximum Gasteiger partial charge on any atom is 0.124 e. The predicted molar refractivity (Wildman–Crippen MR) is 87.8 cm³/mol. The summed E-state index contributed by atoms with van der Waals surface area (Å²) in [7, 11) is 0. The molecule has 0 saturated carbocycles. The fraction of sp³-hybridized carbons (Fsp3) is 0.250. The number of halogens is 2. The highest BCUT2D eigenvalue weighted by molar-refractivity contribution is 6.42. The van der Waals surface area contributed by atoms with Gasteiger partial charge in [-0.25, -0.2) is 0 Å². The third-order valence-electron chi connectivity index (χ3n) is 3.25. The molecule has 0 bridgehead atoms. The summed E-state index contributed by atoms with van der Waals surface area (Å²) in [6.07, 6.45) is 0.625. The Morgan fingerprint density at radius 1 is 1.14 bits per heavy atom. The molecule has 112 valence electrons. The van der Waals surface area contributed by atoms with Gasteiger partial charge in [0.25, 0.3) is 0 Å². The normalized spacial score (nSPS) is 12.2. The van der Waals surface area contributed by atoms with Crippen LogP contribution in [-0.4, -0.2) is 6.61 Å². The van der Waals surface area contributed by atoms with Gasteiger partial charge in [0.1, 0.15) is 5.75 Å². The van der Waals surface area contributed by atoms with E-state index < -0.39 is 0 Å². The van der Waals surface area contributed by atoms with Crippen LogP contribution in [0.3, 0.4) is 0 Å². The summed E-state index contributed by atoms with van der Waals surface area (Å²) < 4.78 is 5.66. The van der Waals surface area contributed by atoms with Gasteiger partial charge in [-0.1, -0.05) is 53.5 Å². The highest BCUT2D eigenvalue weighted by atomic mass is 35.5. The Kier molecular flexibility index (Phi) is 5.88. The lowest BCUT2D eigenvalue weighted by Crippen LogP contribution is -2.30. The Labute approximate surface area is 135 Å². The molecule has 0 aliphatic heterocycles. The van der Waals surface area contributed by atoms with Crippen LogP contribution in [0, 0.1) is 0 Å². The first kappa shape index (κ1) is 16.1. The van der Waals surface area contributed by atoms with Crippen molar-refractivity contribution < 1.29 is 4.74 Å². The van der Waals surface area contributed by atoms with Gasteiger partial charge in [-0.2, -0.15) is 0 Å². The molecule has 2 aromatic carbocycles. The molecule has 0 radical (unpaired) electrons. The lowest BCUT2D eigenvalue weighted by molar-refractivity contribution is 0.331. The van der Waals surface area contributed by atoms with Crippen molar-refractivity contribution in [1.82, 2.24) is 5.43 Å². The molecule has 0 heterocycles. The molecule has 5 heteroatoms. The predicted octanol–water partition coefficient (Wildman–Crippen LogP) is 4.14. The zero-order valence-corrected chi connectivity index (χ0v) is 13.3. The van der Waals surface area contributed by atoms with E-state index in [0.29, 0.717) is 23.1 Å². The third kappa shape index (κ3) is 3.89. The number of ether oxygens (including phenoxy) is 1. The highest BCUT2D eigenvalue weighted by Crippen LogP contribution is 2.32. The van der Waals surface area contributed by atoms with E-state index in [2.05, 4.69) is 5.43 Å². The second-order valence-corrected chi connectivity index (χ2v) is 5.39. The molecule has 0 fully saturated rings. The Hall–Kier alpha value is -1.26. The molecular formula is C16H18Cl2N2O. The number of rotatable bonds is 6. The van der Waals surface area contributed by atoms with E-state index in [1.54, 1.807) is 6.07 Å². The van der Waals surface area contributed by atoms with Crippen LogP contribution < -0.4 is 16.0 Å². The van der Waals surface area contributed by atoms with E-state index in [1.807, 2.05) is 43.3 Å². The van der Waals surface area contributed by atoms with E-state index in [0.717, 1.165) is 16.9 Å². The number of nitrogens with two attached hydrogens (primary N) is 1. The molecule has 0 aliphatic rings. The van der Waals surface area contributed by atoms with Gasteiger partial charge in [-0.15, -0.1) is 0 Å². The Morgan fingerprint density at radius 2 is 1.90 bits per heavy atom. The van der Waals surface area contributed by atoms with Crippen LogP contribution in [0.4, 0.5) is 0 Å². The Morgan fingerprint density at radius 3 is 2.62 bits per heavy atom. The van der Waals surface area contributed by atoms with Gasteiger partial charge in [-0.05, 0) is 31.0 Å². The zero-order chi connectivity index (χ0) is 15.2. The van der Waals surface area contributed by atoms with E-state index in [1.165, 1.54) is 0 Å². The summed E-state index contributed by atoms with van der Waals surface area (Å²) in [5, 5.41) is 1.11. The molecule has 3 N–H and O–H groups in total. The molecule has 0 spiro atoms. The number of benzene rings is 2. The molecule has 1 atom stereocenters. The van der Waals surface area contributed by atoms with Crippen molar-refractivity contribution in [2.45, 2.75) is 19.4 Å². The summed E-state index contributed by atoms with van der Waals surface area (Å²) in [6.45, 7) is 2.56. The lowest BCUT2D eigenvalue weighted by Gasteiger charge is -2.20. The number of nitrogens with one attached hydrogen (secondary N) is 1. The van der Waals surface area contributed by atoms with Crippen LogP contribution in [0.15, 0.2) is 42.5 Å². The largest absolute Gasteiger partial charge is 0.494 e. The molecule has 21 heavy (non-hydrogen) atoms. The van der Waals surface area contributed by atoms with Crippen molar-refractivity contribution in [3.8, 4) is 5.75 Å². The molecule has 2 rings (SSSR count). The van der Waals surface area contributed by atoms with Crippen LogP contribution in [0.1, 0.15) is 24.1 Å². The second kappa shape index (κ2) is 7.66. The minimum absolute atomic E-state index is 0.108. The number of hydrogen-bond acceptors (Lipinski definition) is 3. The molecule has 0 amide bonds. The first-order valence-corrected chi connectivity index (χ1v) is 7.53. The minimum Gasteiger partial charge on any atom is -0.494 e. The van der Waals surface area contributed by atoms with Gasteiger partial charge in [-0.3, -0.25) is 11.3 Å². The molecule has 2 aromatic rings. The summed E-state index contributed by atoms with van der Waals surface area (Å²) in [5.41, 5.74) is 4.77. The first-order chi connectivity index (χ1) is 10.2. The molecule has 0 aliphatic carbocycles. The number of hydrazine groups is 1. The summed E-state index contributed by atoms with van der Waals surface area (Å²) in [6, 6.07) is 13.3. The molecule has 0 saturated heterocycles. The van der Waals surface area contributed by atoms with Crippen LogP contribution >= 0.6 is 23.2 Å². The smallest absolute Gasteiger partial charge is 0.124 e. The summed E-state index contributed by atoms with van der Waals surface area (Å²) >= 11 is 12.3. The van der Waals surface area contributed by atoms with Crippen molar-refractivity contribution in [2.24, 2.45) is 5.84 Å². The van der Waals surface area contributed by atoms with Crippen LogP contribution in [0.25, 0.3) is 0 Å². The Bertz CT molecular complexity index is 605. The van der Waals surface area contributed by atoms with Gasteiger partial charge >= 0.3 is 0 Å². The number of para-hydroxylation sites is 1. The van der Waals surface area contributed by atoms with Crippen molar-refractivity contribution in [3.63, 3.8) is 0 Å². The van der Waals surface area contributed by atoms with Gasteiger partial charge in [0, 0.05) is 5.56 Å². The third-order valence-corrected chi connectivity index (χ3v) is 4.11. The minimum atomic E-state index is -0.108. The zero-order valence-electron chi connectivity index (χ0n) is 11.8. The summed E-state index contributed by atoms with van der Waals surface area (Å²) in [4.78, 5) is 0. The topological polar surface area (TPSA) is 47.3 Å². The van der Waals surface area contributed by atoms with E-state index in [9.17, 15) is 0 Å². The fourth-order valence-electron chi connectivity index (χ4n) is 2.24. The standard InChI is InChI=1S/C16H18Cl2N2O/c1-2-21-15-9-4-3-7-12(15)14(20-19)10-11-6-5-8-13(17)16(11)18/h3-9,14,20H,2,10,19H2,1H3. The average Bonchev–Trinajstić information content (AvgIpc) is 2.50. The summed E-state index contributed by atoms with van der Waals surface area (Å²) in [5.74, 6) is 6.54. The maximum atomic E-state index is 6.25. The molecule has 0 aromatic heterocycles. The first-order valence-electron chi connectivity index (χ1n) is 6.78. The average molecular weight is 325 g/mol. The fourth-order valence-corrected chi connectivity index (χ4v) is 2.64. The van der Waals surface area contributed by atoms with E-state index in [-0.39, 0.29) is 6.04 Å². The SMILES string of the molecule is CCOc1ccccc1C(Cc1cccc(Cl)c1Cl)NN. The van der Waals surface area contributed by atoms with Crippen LogP contribution in [-0.2, 0) is 6.42 Å². The number of hydrogen-bond donors (Lipinski definition) is 2.